The number of thiazole rings is 1. The summed E-state index contributed by atoms with van der Waals surface area (Å²) in [6.45, 7) is 7.81. The van der Waals surface area contributed by atoms with E-state index in [-0.39, 0.29) is 18.3 Å². The van der Waals surface area contributed by atoms with Crippen molar-refractivity contribution in [2.24, 2.45) is 0 Å². The fourth-order valence-corrected chi connectivity index (χ4v) is 4.45. The minimum absolute atomic E-state index is 0. The number of fused-ring (bicyclic) bond motifs is 1. The first kappa shape index (κ1) is 20.8. The standard InChI is InChI=1S/C19H23N3OS2.ClH/c1-3-21(4-2)11-12-22(18(23)14-15-8-7-13-24-15)19-20-16-9-5-6-10-17(16)25-19;/h5-10,13H,3-4,11-12,14H2,1-2H3;1H. The Morgan fingerprint density at radius 3 is 2.50 bits per heavy atom. The van der Waals surface area contributed by atoms with Crippen LogP contribution in [-0.4, -0.2) is 42.0 Å². The van der Waals surface area contributed by atoms with Crippen LogP contribution in [0.5, 0.6) is 0 Å². The van der Waals surface area contributed by atoms with Crippen LogP contribution in [0.2, 0.25) is 0 Å². The summed E-state index contributed by atoms with van der Waals surface area (Å²) < 4.78 is 1.12. The van der Waals surface area contributed by atoms with Gasteiger partial charge in [-0.1, -0.05) is 43.4 Å². The zero-order valence-corrected chi connectivity index (χ0v) is 17.5. The third-order valence-electron chi connectivity index (χ3n) is 4.25. The highest BCUT2D eigenvalue weighted by atomic mass is 35.5. The van der Waals surface area contributed by atoms with E-state index in [0.717, 1.165) is 39.9 Å². The summed E-state index contributed by atoms with van der Waals surface area (Å²) in [5, 5.41) is 2.82. The highest BCUT2D eigenvalue weighted by Gasteiger charge is 2.20. The fraction of sp³-hybridized carbons (Fsp3) is 0.368. The van der Waals surface area contributed by atoms with Gasteiger partial charge in [0.15, 0.2) is 5.13 Å². The normalized spacial score (nSPS) is 10.9. The van der Waals surface area contributed by atoms with Crippen molar-refractivity contribution in [3.63, 3.8) is 0 Å². The first-order valence-corrected chi connectivity index (χ1v) is 10.3. The van der Waals surface area contributed by atoms with Gasteiger partial charge in [0.1, 0.15) is 0 Å². The van der Waals surface area contributed by atoms with E-state index in [9.17, 15) is 4.79 Å². The average molecular weight is 410 g/mol. The number of anilines is 1. The summed E-state index contributed by atoms with van der Waals surface area (Å²) in [6.07, 6.45) is 0.436. The van der Waals surface area contributed by atoms with Crippen molar-refractivity contribution in [1.29, 1.82) is 0 Å². The molecule has 4 nitrogen and oxygen atoms in total. The monoisotopic (exact) mass is 409 g/mol. The largest absolute Gasteiger partial charge is 0.302 e. The zero-order chi connectivity index (χ0) is 17.6. The molecule has 26 heavy (non-hydrogen) atoms. The molecular weight excluding hydrogens is 386 g/mol. The SMILES string of the molecule is CCN(CC)CCN(C(=O)Cc1cccs1)c1nc2ccccc2s1.Cl. The van der Waals surface area contributed by atoms with E-state index in [4.69, 9.17) is 4.98 Å². The predicted molar refractivity (Wildman–Crippen MR) is 115 cm³/mol. The lowest BCUT2D eigenvalue weighted by molar-refractivity contribution is -0.118. The van der Waals surface area contributed by atoms with Gasteiger partial charge in [-0.3, -0.25) is 9.69 Å². The Morgan fingerprint density at radius 1 is 1.08 bits per heavy atom. The van der Waals surface area contributed by atoms with E-state index in [1.807, 2.05) is 40.6 Å². The van der Waals surface area contributed by atoms with Gasteiger partial charge in [-0.05, 0) is 36.7 Å². The summed E-state index contributed by atoms with van der Waals surface area (Å²) >= 11 is 3.22. The van der Waals surface area contributed by atoms with E-state index in [1.54, 1.807) is 22.7 Å². The maximum absolute atomic E-state index is 13.0. The van der Waals surface area contributed by atoms with Crippen LogP contribution in [0.1, 0.15) is 18.7 Å². The molecule has 1 amide bonds. The lowest BCUT2D eigenvalue weighted by atomic mass is 10.3. The van der Waals surface area contributed by atoms with Gasteiger partial charge in [0.25, 0.3) is 0 Å². The van der Waals surface area contributed by atoms with Crippen molar-refractivity contribution >= 4 is 56.3 Å². The van der Waals surface area contributed by atoms with E-state index in [0.29, 0.717) is 13.0 Å². The van der Waals surface area contributed by atoms with Gasteiger partial charge in [-0.25, -0.2) is 4.98 Å². The number of thiophene rings is 1. The quantitative estimate of drug-likeness (QED) is 0.541. The van der Waals surface area contributed by atoms with Crippen LogP contribution in [-0.2, 0) is 11.2 Å². The number of amides is 1. The summed E-state index contributed by atoms with van der Waals surface area (Å²) in [5.74, 6) is 0.119. The van der Waals surface area contributed by atoms with E-state index < -0.39 is 0 Å². The first-order valence-electron chi connectivity index (χ1n) is 8.62. The molecule has 0 aliphatic carbocycles. The van der Waals surface area contributed by atoms with E-state index >= 15 is 0 Å². The van der Waals surface area contributed by atoms with Crippen LogP contribution in [0.25, 0.3) is 10.2 Å². The van der Waals surface area contributed by atoms with Gasteiger partial charge in [-0.2, -0.15) is 0 Å². The molecule has 0 fully saturated rings. The van der Waals surface area contributed by atoms with Gasteiger partial charge in [-0.15, -0.1) is 23.7 Å². The molecule has 0 N–H and O–H groups in total. The van der Waals surface area contributed by atoms with Gasteiger partial charge >= 0.3 is 0 Å². The topological polar surface area (TPSA) is 36.4 Å². The molecule has 2 aromatic heterocycles. The van der Waals surface area contributed by atoms with Crippen molar-refractivity contribution < 1.29 is 4.79 Å². The molecule has 3 aromatic rings. The molecule has 0 aliphatic rings. The van der Waals surface area contributed by atoms with E-state index in [1.165, 1.54) is 0 Å². The molecule has 2 heterocycles. The fourth-order valence-electron chi connectivity index (χ4n) is 2.74. The summed E-state index contributed by atoms with van der Waals surface area (Å²) in [5.41, 5.74) is 0.958. The maximum atomic E-state index is 13.0. The number of carbonyl (C=O) groups excluding carboxylic acids is 1. The number of rotatable bonds is 8. The van der Waals surface area contributed by atoms with E-state index in [2.05, 4.69) is 24.8 Å². The second-order valence-corrected chi connectivity index (χ2v) is 7.83. The Bertz CT molecular complexity index is 782. The number of para-hydroxylation sites is 1. The smallest absolute Gasteiger partial charge is 0.234 e. The Hall–Kier alpha value is -1.47. The Labute approximate surface area is 168 Å². The Balaban J connectivity index is 0.00000243. The van der Waals surface area contributed by atoms with Crippen LogP contribution in [0.3, 0.4) is 0 Å². The number of hydrogen-bond donors (Lipinski definition) is 0. The highest BCUT2D eigenvalue weighted by Crippen LogP contribution is 2.29. The van der Waals surface area contributed by atoms with Crippen LogP contribution < -0.4 is 4.90 Å². The minimum Gasteiger partial charge on any atom is -0.302 e. The third-order valence-corrected chi connectivity index (χ3v) is 6.19. The molecule has 0 unspecified atom stereocenters. The van der Waals surface area contributed by atoms with Crippen molar-refractivity contribution in [3.8, 4) is 0 Å². The van der Waals surface area contributed by atoms with Gasteiger partial charge in [0, 0.05) is 18.0 Å². The second kappa shape index (κ2) is 10.0. The van der Waals surface area contributed by atoms with Crippen molar-refractivity contribution in [3.05, 3.63) is 46.7 Å². The van der Waals surface area contributed by atoms with Crippen LogP contribution >= 0.6 is 35.1 Å². The van der Waals surface area contributed by atoms with Gasteiger partial charge in [0.2, 0.25) is 5.91 Å². The number of likely N-dealkylation sites (N-methyl/N-ethyl adjacent to an activating group) is 1. The molecular formula is C19H24ClN3OS2. The lowest BCUT2D eigenvalue weighted by Crippen LogP contribution is -2.39. The lowest BCUT2D eigenvalue weighted by Gasteiger charge is -2.24. The molecule has 140 valence electrons. The predicted octanol–water partition coefficient (Wildman–Crippen LogP) is 4.70. The molecule has 0 bridgehead atoms. The molecule has 0 saturated carbocycles. The zero-order valence-electron chi connectivity index (χ0n) is 15.1. The number of aromatic nitrogens is 1. The molecule has 0 aliphatic heterocycles. The average Bonchev–Trinajstić information content (AvgIpc) is 3.27. The molecule has 0 spiro atoms. The molecule has 0 atom stereocenters. The summed E-state index contributed by atoms with van der Waals surface area (Å²) in [7, 11) is 0. The van der Waals surface area contributed by atoms with Crippen molar-refractivity contribution in [1.82, 2.24) is 9.88 Å². The number of hydrogen-bond acceptors (Lipinski definition) is 5. The van der Waals surface area contributed by atoms with Gasteiger partial charge < -0.3 is 4.90 Å². The number of halogens is 1. The van der Waals surface area contributed by atoms with Crippen molar-refractivity contribution in [2.75, 3.05) is 31.1 Å². The molecule has 7 heteroatoms. The van der Waals surface area contributed by atoms with Crippen LogP contribution in [0.15, 0.2) is 41.8 Å². The Morgan fingerprint density at radius 2 is 1.85 bits per heavy atom. The second-order valence-electron chi connectivity index (χ2n) is 5.79. The minimum atomic E-state index is 0. The summed E-state index contributed by atoms with van der Waals surface area (Å²) in [4.78, 5) is 23.0. The first-order chi connectivity index (χ1) is 12.2. The van der Waals surface area contributed by atoms with Gasteiger partial charge in [0.05, 0.1) is 16.6 Å². The maximum Gasteiger partial charge on any atom is 0.234 e. The third kappa shape index (κ3) is 5.04. The molecule has 0 radical (unpaired) electrons. The van der Waals surface area contributed by atoms with Crippen molar-refractivity contribution in [2.45, 2.75) is 20.3 Å². The summed E-state index contributed by atoms with van der Waals surface area (Å²) in [6, 6.07) is 12.1. The van der Waals surface area contributed by atoms with Crippen LogP contribution in [0, 0.1) is 0 Å². The highest BCUT2D eigenvalue weighted by molar-refractivity contribution is 7.22. The van der Waals surface area contributed by atoms with Crippen LogP contribution in [0.4, 0.5) is 5.13 Å². The number of carbonyl (C=O) groups is 1. The Kier molecular flexibility index (Phi) is 8.03. The molecule has 0 saturated heterocycles. The molecule has 3 rings (SSSR count). The molecule has 1 aromatic carbocycles. The number of nitrogens with zero attached hydrogens (tertiary/aromatic N) is 3. The number of benzene rings is 1.